The molecular weight excluding hydrogens is 274 g/mol. The number of nitrogens with one attached hydrogen (secondary N) is 1. The van der Waals surface area contributed by atoms with Crippen molar-refractivity contribution in [3.8, 4) is 0 Å². The van der Waals surface area contributed by atoms with E-state index in [0.29, 0.717) is 5.69 Å². The molecule has 106 valence electrons. The Labute approximate surface area is 119 Å². The molecule has 2 aromatic rings. The number of anilines is 2. The highest BCUT2D eigenvalue weighted by Gasteiger charge is 2.20. The minimum Gasteiger partial charge on any atom is -0.385 e. The maximum Gasteiger partial charge on any atom is 0.264 e. The molecule has 1 aromatic heterocycles. The Hall–Kier alpha value is -2.08. The monoisotopic (exact) mass is 291 g/mol. The molecule has 5 nitrogen and oxygen atoms in total. The van der Waals surface area contributed by atoms with E-state index in [9.17, 15) is 8.42 Å². The summed E-state index contributed by atoms with van der Waals surface area (Å²) < 4.78 is 26.2. The van der Waals surface area contributed by atoms with E-state index >= 15 is 0 Å². The van der Waals surface area contributed by atoms with Gasteiger partial charge < -0.3 is 5.32 Å². The standard InChI is InChI=1S/C14H17N3O2S/c1-3-16-12-4-6-14(7-5-12)20(18,19)17(2)13-8-10-15-11-9-13/h4-11,16H,3H2,1-2H3. The van der Waals surface area contributed by atoms with E-state index in [1.165, 1.54) is 11.4 Å². The first kappa shape index (κ1) is 14.3. The van der Waals surface area contributed by atoms with Crippen LogP contribution < -0.4 is 9.62 Å². The summed E-state index contributed by atoms with van der Waals surface area (Å²) in [7, 11) is -2.02. The molecule has 1 aromatic carbocycles. The molecule has 1 heterocycles. The molecule has 0 unspecified atom stereocenters. The lowest BCUT2D eigenvalue weighted by Crippen LogP contribution is -2.26. The van der Waals surface area contributed by atoms with Gasteiger partial charge in [-0.3, -0.25) is 9.29 Å². The lowest BCUT2D eigenvalue weighted by Gasteiger charge is -2.19. The summed E-state index contributed by atoms with van der Waals surface area (Å²) in [5.74, 6) is 0. The molecular formula is C14H17N3O2S. The third-order valence-electron chi connectivity index (χ3n) is 2.92. The zero-order valence-corrected chi connectivity index (χ0v) is 12.3. The fraction of sp³-hybridized carbons (Fsp3) is 0.214. The topological polar surface area (TPSA) is 62.3 Å². The van der Waals surface area contributed by atoms with Crippen LogP contribution in [0.2, 0.25) is 0 Å². The van der Waals surface area contributed by atoms with Crippen molar-refractivity contribution >= 4 is 21.4 Å². The summed E-state index contributed by atoms with van der Waals surface area (Å²) >= 11 is 0. The molecule has 0 aliphatic heterocycles. The summed E-state index contributed by atoms with van der Waals surface area (Å²) in [6.45, 7) is 2.78. The van der Waals surface area contributed by atoms with Gasteiger partial charge in [-0.05, 0) is 43.3 Å². The van der Waals surface area contributed by atoms with E-state index in [4.69, 9.17) is 0 Å². The van der Waals surface area contributed by atoms with E-state index in [2.05, 4.69) is 10.3 Å². The number of benzene rings is 1. The van der Waals surface area contributed by atoms with Gasteiger partial charge in [0.2, 0.25) is 0 Å². The quantitative estimate of drug-likeness (QED) is 0.918. The molecule has 20 heavy (non-hydrogen) atoms. The molecule has 0 saturated carbocycles. The first-order chi connectivity index (χ1) is 9.55. The predicted molar refractivity (Wildman–Crippen MR) is 80.4 cm³/mol. The molecule has 0 atom stereocenters. The van der Waals surface area contributed by atoms with Crippen molar-refractivity contribution in [3.05, 3.63) is 48.8 Å². The number of nitrogens with zero attached hydrogens (tertiary/aromatic N) is 2. The average molecular weight is 291 g/mol. The van der Waals surface area contributed by atoms with Crippen molar-refractivity contribution < 1.29 is 8.42 Å². The van der Waals surface area contributed by atoms with Gasteiger partial charge in [-0.15, -0.1) is 0 Å². The summed E-state index contributed by atoms with van der Waals surface area (Å²) in [4.78, 5) is 4.15. The van der Waals surface area contributed by atoms with Crippen LogP contribution in [-0.4, -0.2) is 27.0 Å². The molecule has 0 bridgehead atoms. The van der Waals surface area contributed by atoms with Gasteiger partial charge in [-0.2, -0.15) is 0 Å². The summed E-state index contributed by atoms with van der Waals surface area (Å²) in [6, 6.07) is 10.0. The molecule has 0 aliphatic rings. The molecule has 2 rings (SSSR count). The second-order valence-corrected chi connectivity index (χ2v) is 6.20. The molecule has 0 radical (unpaired) electrons. The Bertz CT molecular complexity index is 655. The summed E-state index contributed by atoms with van der Waals surface area (Å²) in [5.41, 5.74) is 1.48. The number of hydrogen-bond donors (Lipinski definition) is 1. The lowest BCUT2D eigenvalue weighted by molar-refractivity contribution is 0.594. The van der Waals surface area contributed by atoms with Crippen LogP contribution in [0.5, 0.6) is 0 Å². The van der Waals surface area contributed by atoms with Gasteiger partial charge in [0, 0.05) is 31.7 Å². The Balaban J connectivity index is 2.30. The molecule has 0 fully saturated rings. The van der Waals surface area contributed by atoms with E-state index < -0.39 is 10.0 Å². The van der Waals surface area contributed by atoms with Crippen molar-refractivity contribution in [3.63, 3.8) is 0 Å². The molecule has 6 heteroatoms. The fourth-order valence-corrected chi connectivity index (χ4v) is 3.00. The lowest BCUT2D eigenvalue weighted by atomic mass is 10.3. The molecule has 1 N–H and O–H groups in total. The van der Waals surface area contributed by atoms with Gasteiger partial charge in [-0.25, -0.2) is 8.42 Å². The highest BCUT2D eigenvalue weighted by molar-refractivity contribution is 7.92. The first-order valence-electron chi connectivity index (χ1n) is 6.28. The van der Waals surface area contributed by atoms with Crippen molar-refractivity contribution in [1.29, 1.82) is 0 Å². The molecule has 0 aliphatic carbocycles. The molecule has 0 amide bonds. The minimum atomic E-state index is -3.55. The average Bonchev–Trinajstić information content (AvgIpc) is 2.48. The van der Waals surface area contributed by atoms with Crippen molar-refractivity contribution in [1.82, 2.24) is 4.98 Å². The Morgan fingerprint density at radius 1 is 1.10 bits per heavy atom. The maximum absolute atomic E-state index is 12.5. The second-order valence-electron chi connectivity index (χ2n) is 4.23. The Morgan fingerprint density at radius 2 is 1.70 bits per heavy atom. The summed E-state index contributed by atoms with van der Waals surface area (Å²) in [6.07, 6.45) is 3.13. The van der Waals surface area contributed by atoms with Crippen LogP contribution in [0.1, 0.15) is 6.92 Å². The van der Waals surface area contributed by atoms with Gasteiger partial charge in [0.05, 0.1) is 10.6 Å². The van der Waals surface area contributed by atoms with Crippen molar-refractivity contribution in [2.75, 3.05) is 23.2 Å². The number of rotatable bonds is 5. The first-order valence-corrected chi connectivity index (χ1v) is 7.72. The number of aromatic nitrogens is 1. The fourth-order valence-electron chi connectivity index (χ4n) is 1.80. The van der Waals surface area contributed by atoms with Gasteiger partial charge in [0.25, 0.3) is 10.0 Å². The van der Waals surface area contributed by atoms with Crippen LogP contribution in [0.25, 0.3) is 0 Å². The van der Waals surface area contributed by atoms with Gasteiger partial charge >= 0.3 is 0 Å². The Kier molecular flexibility index (Phi) is 4.24. The van der Waals surface area contributed by atoms with Gasteiger partial charge in [-0.1, -0.05) is 0 Å². The zero-order valence-electron chi connectivity index (χ0n) is 11.4. The molecule has 0 saturated heterocycles. The maximum atomic E-state index is 12.5. The van der Waals surface area contributed by atoms with Crippen LogP contribution in [0.15, 0.2) is 53.7 Å². The SMILES string of the molecule is CCNc1ccc(S(=O)(=O)N(C)c2ccncc2)cc1. The summed E-state index contributed by atoms with van der Waals surface area (Å²) in [5, 5.41) is 3.13. The van der Waals surface area contributed by atoms with E-state index in [-0.39, 0.29) is 4.90 Å². The van der Waals surface area contributed by atoms with Crippen LogP contribution in [0.4, 0.5) is 11.4 Å². The Morgan fingerprint density at radius 3 is 2.25 bits per heavy atom. The van der Waals surface area contributed by atoms with E-state index in [1.54, 1.807) is 48.8 Å². The number of pyridine rings is 1. The normalized spacial score (nSPS) is 11.1. The van der Waals surface area contributed by atoms with Crippen molar-refractivity contribution in [2.24, 2.45) is 0 Å². The van der Waals surface area contributed by atoms with E-state index in [1.807, 2.05) is 6.92 Å². The zero-order chi connectivity index (χ0) is 14.6. The largest absolute Gasteiger partial charge is 0.385 e. The smallest absolute Gasteiger partial charge is 0.264 e. The van der Waals surface area contributed by atoms with Gasteiger partial charge in [0.15, 0.2) is 0 Å². The van der Waals surface area contributed by atoms with Crippen LogP contribution in [-0.2, 0) is 10.0 Å². The third kappa shape index (κ3) is 2.91. The third-order valence-corrected chi connectivity index (χ3v) is 4.72. The molecule has 0 spiro atoms. The highest BCUT2D eigenvalue weighted by Crippen LogP contribution is 2.22. The second kappa shape index (κ2) is 5.92. The van der Waals surface area contributed by atoms with Crippen molar-refractivity contribution in [2.45, 2.75) is 11.8 Å². The number of sulfonamides is 1. The number of hydrogen-bond acceptors (Lipinski definition) is 4. The van der Waals surface area contributed by atoms with Crippen LogP contribution >= 0.6 is 0 Å². The minimum absolute atomic E-state index is 0.262. The van der Waals surface area contributed by atoms with Crippen LogP contribution in [0.3, 0.4) is 0 Å². The van der Waals surface area contributed by atoms with Crippen LogP contribution in [0, 0.1) is 0 Å². The van der Waals surface area contributed by atoms with E-state index in [0.717, 1.165) is 12.2 Å². The van der Waals surface area contributed by atoms with Gasteiger partial charge in [0.1, 0.15) is 0 Å². The predicted octanol–water partition coefficient (Wildman–Crippen LogP) is 2.34. The highest BCUT2D eigenvalue weighted by atomic mass is 32.2.